The van der Waals surface area contributed by atoms with Gasteiger partial charge in [-0.3, -0.25) is 4.79 Å². The van der Waals surface area contributed by atoms with Crippen LogP contribution in [0.1, 0.15) is 33.3 Å². The largest absolute Gasteiger partial charge is 0.444 e. The van der Waals surface area contributed by atoms with Crippen molar-refractivity contribution in [1.82, 2.24) is 10.2 Å². The number of nitrogens with zero attached hydrogens (tertiary/aromatic N) is 1. The topological polar surface area (TPSA) is 58.6 Å². The number of hydrogen-bond donors (Lipinski definition) is 1. The van der Waals surface area contributed by atoms with E-state index >= 15 is 0 Å². The number of halogens is 1. The summed E-state index contributed by atoms with van der Waals surface area (Å²) in [7, 11) is 0. The van der Waals surface area contributed by atoms with Crippen molar-refractivity contribution in [2.45, 2.75) is 39.3 Å². The quantitative estimate of drug-likeness (QED) is 0.904. The molecule has 6 heteroatoms. The minimum atomic E-state index is -0.582. The summed E-state index contributed by atoms with van der Waals surface area (Å²) >= 11 is 0. The van der Waals surface area contributed by atoms with Gasteiger partial charge in [0.15, 0.2) is 0 Å². The Kier molecular flexibility index (Phi) is 5.26. The number of carbonyl (C=O) groups excluding carboxylic acids is 2. The first-order valence-corrected chi connectivity index (χ1v) is 7.87. The fourth-order valence-corrected chi connectivity index (χ4v) is 2.55. The predicted molar refractivity (Wildman–Crippen MR) is 89.8 cm³/mol. The van der Waals surface area contributed by atoms with Crippen molar-refractivity contribution in [1.29, 1.82) is 0 Å². The average Bonchev–Trinajstić information content (AvgIpc) is 2.46. The normalized spacial score (nSPS) is 18.0. The van der Waals surface area contributed by atoms with Crippen LogP contribution in [-0.4, -0.2) is 41.6 Å². The van der Waals surface area contributed by atoms with Gasteiger partial charge in [-0.15, -0.1) is 0 Å². The number of hydrogen-bond acceptors (Lipinski definition) is 3. The molecule has 1 atom stereocenters. The Morgan fingerprint density at radius 3 is 2.42 bits per heavy atom. The van der Waals surface area contributed by atoms with Crippen LogP contribution in [0.5, 0.6) is 0 Å². The standard InChI is InChI=1S/C18H23FN2O3/c1-12(22)20-16-11-21(17(23)24-18(2,3)4)10-9-15(16)13-5-7-14(19)8-6-13/h5-9,16H,10-11H2,1-4H3,(H,20,22). The average molecular weight is 334 g/mol. The SMILES string of the molecule is CC(=O)NC1CN(C(=O)OC(C)(C)C)CC=C1c1ccc(F)cc1. The second kappa shape index (κ2) is 7.03. The Morgan fingerprint density at radius 1 is 1.25 bits per heavy atom. The molecule has 130 valence electrons. The van der Waals surface area contributed by atoms with Gasteiger partial charge >= 0.3 is 6.09 Å². The van der Waals surface area contributed by atoms with Crippen LogP contribution in [-0.2, 0) is 9.53 Å². The smallest absolute Gasteiger partial charge is 0.410 e. The molecule has 1 aliphatic rings. The van der Waals surface area contributed by atoms with E-state index in [4.69, 9.17) is 4.74 Å². The molecule has 1 N–H and O–H groups in total. The van der Waals surface area contributed by atoms with Crippen LogP contribution >= 0.6 is 0 Å². The zero-order valence-corrected chi connectivity index (χ0v) is 14.4. The van der Waals surface area contributed by atoms with Gasteiger partial charge in [-0.1, -0.05) is 18.2 Å². The van der Waals surface area contributed by atoms with Gasteiger partial charge in [0, 0.05) is 20.0 Å². The van der Waals surface area contributed by atoms with Crippen molar-refractivity contribution in [2.75, 3.05) is 13.1 Å². The van der Waals surface area contributed by atoms with Crippen LogP contribution in [0, 0.1) is 5.82 Å². The lowest BCUT2D eigenvalue weighted by Gasteiger charge is -2.34. The molecule has 0 aliphatic carbocycles. The van der Waals surface area contributed by atoms with Crippen LogP contribution < -0.4 is 5.32 Å². The molecule has 2 amide bonds. The van der Waals surface area contributed by atoms with E-state index < -0.39 is 11.7 Å². The summed E-state index contributed by atoms with van der Waals surface area (Å²) < 4.78 is 18.5. The summed E-state index contributed by atoms with van der Waals surface area (Å²) in [5.74, 6) is -0.513. The molecule has 1 aromatic carbocycles. The van der Waals surface area contributed by atoms with Gasteiger partial charge in [0.25, 0.3) is 0 Å². The summed E-state index contributed by atoms with van der Waals surface area (Å²) in [6.45, 7) is 7.52. The summed E-state index contributed by atoms with van der Waals surface area (Å²) in [6, 6.07) is 5.72. The highest BCUT2D eigenvalue weighted by molar-refractivity contribution is 5.81. The van der Waals surface area contributed by atoms with Crippen LogP contribution in [0.3, 0.4) is 0 Å². The van der Waals surface area contributed by atoms with Crippen LogP contribution in [0.25, 0.3) is 5.57 Å². The van der Waals surface area contributed by atoms with Gasteiger partial charge in [-0.2, -0.15) is 0 Å². The first-order valence-electron chi connectivity index (χ1n) is 7.87. The van der Waals surface area contributed by atoms with Crippen LogP contribution in [0.2, 0.25) is 0 Å². The Hall–Kier alpha value is -2.37. The van der Waals surface area contributed by atoms with E-state index in [1.807, 2.05) is 6.08 Å². The first-order chi connectivity index (χ1) is 11.2. The monoisotopic (exact) mass is 334 g/mol. The third-order valence-corrected chi connectivity index (χ3v) is 3.52. The molecule has 2 rings (SSSR count). The van der Waals surface area contributed by atoms with Crippen molar-refractivity contribution >= 4 is 17.6 Å². The zero-order valence-electron chi connectivity index (χ0n) is 14.4. The maximum Gasteiger partial charge on any atom is 0.410 e. The third-order valence-electron chi connectivity index (χ3n) is 3.52. The number of ether oxygens (including phenoxy) is 1. The van der Waals surface area contributed by atoms with E-state index in [1.165, 1.54) is 19.1 Å². The van der Waals surface area contributed by atoms with Crippen molar-refractivity contribution in [3.8, 4) is 0 Å². The zero-order chi connectivity index (χ0) is 17.9. The Labute approximate surface area is 141 Å². The molecule has 0 radical (unpaired) electrons. The van der Waals surface area contributed by atoms with Gasteiger partial charge in [-0.05, 0) is 44.0 Å². The second-order valence-electron chi connectivity index (χ2n) is 6.80. The number of nitrogens with one attached hydrogen (secondary N) is 1. The van der Waals surface area contributed by atoms with Crippen LogP contribution in [0.15, 0.2) is 30.3 Å². The molecule has 1 aromatic rings. The molecular weight excluding hydrogens is 311 g/mol. The number of rotatable bonds is 2. The van der Waals surface area contributed by atoms with Crippen molar-refractivity contribution in [2.24, 2.45) is 0 Å². The Bertz CT molecular complexity index is 647. The van der Waals surface area contributed by atoms with E-state index in [0.717, 1.165) is 11.1 Å². The maximum atomic E-state index is 13.1. The summed E-state index contributed by atoms with van der Waals surface area (Å²) in [5.41, 5.74) is 1.10. The molecule has 5 nitrogen and oxygen atoms in total. The van der Waals surface area contributed by atoms with Gasteiger partial charge in [-0.25, -0.2) is 9.18 Å². The fourth-order valence-electron chi connectivity index (χ4n) is 2.55. The highest BCUT2D eigenvalue weighted by Gasteiger charge is 2.29. The maximum absolute atomic E-state index is 13.1. The second-order valence-corrected chi connectivity index (χ2v) is 6.80. The predicted octanol–water partition coefficient (Wildman–Crippen LogP) is 2.96. The lowest BCUT2D eigenvalue weighted by atomic mass is 9.95. The molecule has 1 aliphatic heterocycles. The molecule has 0 saturated heterocycles. The van der Waals surface area contributed by atoms with E-state index in [9.17, 15) is 14.0 Å². The van der Waals surface area contributed by atoms with Gasteiger partial charge in [0.05, 0.1) is 6.04 Å². The van der Waals surface area contributed by atoms with Gasteiger partial charge in [0.1, 0.15) is 11.4 Å². The Balaban J connectivity index is 2.22. The molecular formula is C18H23FN2O3. The van der Waals surface area contributed by atoms with E-state index in [-0.39, 0.29) is 17.8 Å². The summed E-state index contributed by atoms with van der Waals surface area (Å²) in [4.78, 5) is 25.3. The molecule has 1 heterocycles. The minimum Gasteiger partial charge on any atom is -0.444 e. The molecule has 1 unspecified atom stereocenters. The van der Waals surface area contributed by atoms with E-state index in [0.29, 0.717) is 13.1 Å². The molecule has 0 bridgehead atoms. The van der Waals surface area contributed by atoms with Crippen molar-refractivity contribution < 1.29 is 18.7 Å². The fraction of sp³-hybridized carbons (Fsp3) is 0.444. The van der Waals surface area contributed by atoms with E-state index in [2.05, 4.69) is 5.32 Å². The highest BCUT2D eigenvalue weighted by Crippen LogP contribution is 2.24. The third kappa shape index (κ3) is 4.81. The number of amides is 2. The van der Waals surface area contributed by atoms with Gasteiger partial charge in [0.2, 0.25) is 5.91 Å². The molecule has 24 heavy (non-hydrogen) atoms. The lowest BCUT2D eigenvalue weighted by Crippen LogP contribution is -2.49. The molecule has 0 spiro atoms. The molecule has 0 fully saturated rings. The molecule has 0 aromatic heterocycles. The van der Waals surface area contributed by atoms with Crippen LogP contribution in [0.4, 0.5) is 9.18 Å². The summed E-state index contributed by atoms with van der Waals surface area (Å²) in [5, 5.41) is 2.84. The van der Waals surface area contributed by atoms with E-state index in [1.54, 1.807) is 37.8 Å². The minimum absolute atomic E-state index is 0.195. The Morgan fingerprint density at radius 2 is 1.88 bits per heavy atom. The first kappa shape index (κ1) is 18.0. The lowest BCUT2D eigenvalue weighted by molar-refractivity contribution is -0.119. The summed E-state index contributed by atoms with van der Waals surface area (Å²) in [6.07, 6.45) is 1.44. The number of carbonyl (C=O) groups is 2. The van der Waals surface area contributed by atoms with Crippen molar-refractivity contribution in [3.63, 3.8) is 0 Å². The van der Waals surface area contributed by atoms with Crippen molar-refractivity contribution in [3.05, 3.63) is 41.7 Å². The van der Waals surface area contributed by atoms with Gasteiger partial charge < -0.3 is 15.0 Å². The number of benzene rings is 1. The highest BCUT2D eigenvalue weighted by atomic mass is 19.1. The molecule has 0 saturated carbocycles.